The second-order valence-corrected chi connectivity index (χ2v) is 7.28. The molecule has 0 saturated heterocycles. The van der Waals surface area contributed by atoms with Crippen molar-refractivity contribution >= 4 is 11.7 Å². The molecule has 2 N–H and O–H groups in total. The molecule has 28 heavy (non-hydrogen) atoms. The van der Waals surface area contributed by atoms with E-state index in [1.54, 1.807) is 12.3 Å². The minimum absolute atomic E-state index is 0.268. The van der Waals surface area contributed by atoms with Crippen LogP contribution in [0.1, 0.15) is 38.2 Å². The van der Waals surface area contributed by atoms with Gasteiger partial charge in [-0.15, -0.1) is 0 Å². The number of anilines is 1. The second kappa shape index (κ2) is 10.0. The molecule has 2 aromatic rings. The molecule has 7 nitrogen and oxygen atoms in total. The molecule has 1 heterocycles. The number of amides is 2. The van der Waals surface area contributed by atoms with Crippen molar-refractivity contribution in [3.63, 3.8) is 0 Å². The van der Waals surface area contributed by atoms with Crippen LogP contribution in [0.3, 0.4) is 0 Å². The normalized spacial score (nSPS) is 19.2. The van der Waals surface area contributed by atoms with Crippen LogP contribution in [0.5, 0.6) is 0 Å². The van der Waals surface area contributed by atoms with Gasteiger partial charge in [-0.2, -0.15) is 0 Å². The number of nitrogens with zero attached hydrogens (tertiary/aromatic N) is 2. The van der Waals surface area contributed by atoms with Gasteiger partial charge < -0.3 is 15.4 Å². The molecule has 1 aromatic heterocycles. The molecule has 1 saturated carbocycles. The molecule has 0 aliphatic heterocycles. The smallest absolute Gasteiger partial charge is 0.347 e. The van der Waals surface area contributed by atoms with E-state index in [2.05, 4.69) is 22.5 Å². The van der Waals surface area contributed by atoms with Crippen molar-refractivity contribution in [3.8, 4) is 0 Å². The molecule has 3 rings (SSSR count). The molecule has 2 amide bonds. The van der Waals surface area contributed by atoms with Crippen LogP contribution in [0.4, 0.5) is 10.5 Å². The molecule has 1 aromatic carbocycles. The first-order valence-corrected chi connectivity index (χ1v) is 9.88. The van der Waals surface area contributed by atoms with Crippen LogP contribution in [-0.4, -0.2) is 34.8 Å². The zero-order valence-electron chi connectivity index (χ0n) is 16.3. The van der Waals surface area contributed by atoms with Gasteiger partial charge in [0.25, 0.3) is 0 Å². The fourth-order valence-electron chi connectivity index (χ4n) is 3.53. The number of hydrogen-bond donors (Lipinski definition) is 2. The Balaban J connectivity index is 1.44. The summed E-state index contributed by atoms with van der Waals surface area (Å²) in [4.78, 5) is 27.6. The van der Waals surface area contributed by atoms with Gasteiger partial charge >= 0.3 is 11.7 Å². The highest BCUT2D eigenvalue weighted by atomic mass is 16.5. The van der Waals surface area contributed by atoms with Crippen LogP contribution in [0.15, 0.2) is 47.5 Å². The van der Waals surface area contributed by atoms with Gasteiger partial charge in [0, 0.05) is 24.6 Å². The summed E-state index contributed by atoms with van der Waals surface area (Å²) in [7, 11) is 0. The predicted molar refractivity (Wildman–Crippen MR) is 108 cm³/mol. The van der Waals surface area contributed by atoms with E-state index >= 15 is 0 Å². The van der Waals surface area contributed by atoms with Crippen molar-refractivity contribution < 1.29 is 9.53 Å². The molecule has 0 bridgehead atoms. The third-order valence-corrected chi connectivity index (χ3v) is 5.07. The molecule has 1 aliphatic rings. The van der Waals surface area contributed by atoms with Crippen molar-refractivity contribution in [2.45, 2.75) is 45.3 Å². The fraction of sp³-hybridized carbons (Fsp3) is 0.476. The zero-order chi connectivity index (χ0) is 19.8. The Morgan fingerprint density at radius 2 is 2.14 bits per heavy atom. The van der Waals surface area contributed by atoms with Gasteiger partial charge in [0.15, 0.2) is 0 Å². The molecule has 0 spiro atoms. The summed E-state index contributed by atoms with van der Waals surface area (Å²) in [5.74, 6) is 0.595. The first-order valence-electron chi connectivity index (χ1n) is 9.88. The summed E-state index contributed by atoms with van der Waals surface area (Å²) in [6.07, 6.45) is 8.32. The summed E-state index contributed by atoms with van der Waals surface area (Å²) in [5, 5.41) is 5.64. The first kappa shape index (κ1) is 20.1. The van der Waals surface area contributed by atoms with Crippen molar-refractivity contribution in [3.05, 3.63) is 58.8 Å². The molecule has 0 radical (unpaired) electrons. The summed E-state index contributed by atoms with van der Waals surface area (Å²) in [5.41, 5.74) is 1.28. The molecule has 1 fully saturated rings. The Morgan fingerprint density at radius 3 is 2.96 bits per heavy atom. The Bertz CT molecular complexity index is 836. The van der Waals surface area contributed by atoms with E-state index in [0.717, 1.165) is 12.0 Å². The minimum atomic E-state index is -0.300. The maximum absolute atomic E-state index is 12.1. The van der Waals surface area contributed by atoms with E-state index < -0.39 is 0 Å². The number of rotatable bonds is 7. The van der Waals surface area contributed by atoms with Gasteiger partial charge in [-0.25, -0.2) is 14.6 Å². The van der Waals surface area contributed by atoms with Gasteiger partial charge in [0.2, 0.25) is 0 Å². The van der Waals surface area contributed by atoms with Crippen LogP contribution < -0.4 is 16.3 Å². The molecule has 2 atom stereocenters. The van der Waals surface area contributed by atoms with Crippen molar-refractivity contribution in [1.82, 2.24) is 14.9 Å². The van der Waals surface area contributed by atoms with Gasteiger partial charge in [-0.3, -0.25) is 4.57 Å². The SMILES string of the molecule is CC1CCCCC1OCCNC(=O)Nc1cccc(Cn2cccnc2=O)c1. The average molecular weight is 384 g/mol. The van der Waals surface area contributed by atoms with Crippen LogP contribution >= 0.6 is 0 Å². The molecule has 1 aliphatic carbocycles. The Morgan fingerprint density at radius 1 is 1.29 bits per heavy atom. The predicted octanol–water partition coefficient (Wildman–Crippen LogP) is 3.01. The Hall–Kier alpha value is -2.67. The molecular formula is C21H28N4O3. The number of carbonyl (C=O) groups is 1. The van der Waals surface area contributed by atoms with Crippen LogP contribution in [0, 0.1) is 5.92 Å². The summed E-state index contributed by atoms with van der Waals surface area (Å²) in [6.45, 7) is 3.62. The van der Waals surface area contributed by atoms with Gasteiger partial charge in [-0.1, -0.05) is 31.9 Å². The fourth-order valence-corrected chi connectivity index (χ4v) is 3.53. The van der Waals surface area contributed by atoms with E-state index in [1.165, 1.54) is 30.0 Å². The average Bonchev–Trinajstić information content (AvgIpc) is 2.69. The largest absolute Gasteiger partial charge is 0.376 e. The quantitative estimate of drug-likeness (QED) is 0.719. The number of ether oxygens (including phenoxy) is 1. The topological polar surface area (TPSA) is 85.2 Å². The third kappa shape index (κ3) is 5.92. The molecular weight excluding hydrogens is 356 g/mol. The lowest BCUT2D eigenvalue weighted by Crippen LogP contribution is -2.34. The monoisotopic (exact) mass is 384 g/mol. The number of urea groups is 1. The summed E-state index contributed by atoms with van der Waals surface area (Å²) < 4.78 is 7.43. The van der Waals surface area contributed by atoms with E-state index in [1.807, 2.05) is 24.3 Å². The van der Waals surface area contributed by atoms with Gasteiger partial charge in [0.05, 0.1) is 19.3 Å². The van der Waals surface area contributed by atoms with Crippen molar-refractivity contribution in [2.24, 2.45) is 5.92 Å². The zero-order valence-corrected chi connectivity index (χ0v) is 16.3. The van der Waals surface area contributed by atoms with Crippen molar-refractivity contribution in [2.75, 3.05) is 18.5 Å². The maximum Gasteiger partial charge on any atom is 0.347 e. The van der Waals surface area contributed by atoms with E-state index in [0.29, 0.717) is 37.4 Å². The van der Waals surface area contributed by atoms with Gasteiger partial charge in [0.1, 0.15) is 0 Å². The number of aromatic nitrogens is 2. The third-order valence-electron chi connectivity index (χ3n) is 5.07. The molecule has 7 heteroatoms. The Labute approximate surface area is 165 Å². The lowest BCUT2D eigenvalue weighted by atomic mass is 9.88. The number of nitrogens with one attached hydrogen (secondary N) is 2. The van der Waals surface area contributed by atoms with E-state index in [4.69, 9.17) is 4.74 Å². The molecule has 2 unspecified atom stereocenters. The first-order chi connectivity index (χ1) is 13.6. The standard InChI is InChI=1S/C21H28N4O3/c1-16-6-2-3-9-19(16)28-13-11-22-20(26)24-18-8-4-7-17(14-18)15-25-12-5-10-23-21(25)27/h4-5,7-8,10,12,14,16,19H,2-3,6,9,11,13,15H2,1H3,(H2,22,24,26). The van der Waals surface area contributed by atoms with Crippen LogP contribution in [0.25, 0.3) is 0 Å². The van der Waals surface area contributed by atoms with Crippen LogP contribution in [0.2, 0.25) is 0 Å². The molecule has 150 valence electrons. The number of benzene rings is 1. The van der Waals surface area contributed by atoms with Crippen molar-refractivity contribution in [1.29, 1.82) is 0 Å². The Kier molecular flexibility index (Phi) is 7.19. The van der Waals surface area contributed by atoms with Crippen LogP contribution in [-0.2, 0) is 11.3 Å². The number of hydrogen-bond acceptors (Lipinski definition) is 4. The lowest BCUT2D eigenvalue weighted by molar-refractivity contribution is -0.00232. The lowest BCUT2D eigenvalue weighted by Gasteiger charge is -2.28. The highest BCUT2D eigenvalue weighted by Gasteiger charge is 2.21. The van der Waals surface area contributed by atoms with E-state index in [9.17, 15) is 9.59 Å². The summed E-state index contributed by atoms with van der Waals surface area (Å²) >= 11 is 0. The van der Waals surface area contributed by atoms with E-state index in [-0.39, 0.29) is 11.7 Å². The highest BCUT2D eigenvalue weighted by molar-refractivity contribution is 5.89. The number of carbonyl (C=O) groups excluding carboxylic acids is 1. The minimum Gasteiger partial charge on any atom is -0.376 e. The van der Waals surface area contributed by atoms with Gasteiger partial charge in [-0.05, 0) is 42.5 Å². The maximum atomic E-state index is 12.1. The second-order valence-electron chi connectivity index (χ2n) is 7.28. The summed E-state index contributed by atoms with van der Waals surface area (Å²) in [6, 6.07) is 8.86. The highest BCUT2D eigenvalue weighted by Crippen LogP contribution is 2.25.